The number of nitrogens with zero attached hydrogens (tertiary/aromatic N) is 4. The van der Waals surface area contributed by atoms with Crippen LogP contribution in [-0.4, -0.2) is 29.2 Å². The van der Waals surface area contributed by atoms with E-state index in [0.29, 0.717) is 17.2 Å². The number of phenolic OH excluding ortho intramolecular Hbond substituents is 1. The SMILES string of the molecule is COc1ccc(N2c3ccccc3N(C)c3ccc(-c4ccc5c(C(C)C)ccc(O)c5n4)cc32)nc1. The van der Waals surface area contributed by atoms with E-state index in [-0.39, 0.29) is 5.75 Å². The van der Waals surface area contributed by atoms with Crippen molar-refractivity contribution in [1.29, 1.82) is 0 Å². The van der Waals surface area contributed by atoms with Crippen LogP contribution in [0.5, 0.6) is 11.5 Å². The predicted molar refractivity (Wildman–Crippen MR) is 150 cm³/mol. The maximum absolute atomic E-state index is 10.6. The maximum Gasteiger partial charge on any atom is 0.141 e. The molecule has 0 radical (unpaired) electrons. The fourth-order valence-electron chi connectivity index (χ4n) is 5.10. The molecule has 3 aromatic carbocycles. The summed E-state index contributed by atoms with van der Waals surface area (Å²) in [4.78, 5) is 14.0. The Morgan fingerprint density at radius 1 is 0.838 bits per heavy atom. The number of hydrogen-bond acceptors (Lipinski definition) is 6. The number of fused-ring (bicyclic) bond motifs is 3. The van der Waals surface area contributed by atoms with Crippen LogP contribution >= 0.6 is 0 Å². The Labute approximate surface area is 216 Å². The molecule has 0 fully saturated rings. The lowest BCUT2D eigenvalue weighted by atomic mass is 9.97. The molecule has 0 saturated carbocycles. The number of methoxy groups -OCH3 is 1. The number of rotatable bonds is 4. The van der Waals surface area contributed by atoms with Gasteiger partial charge in [0, 0.05) is 18.0 Å². The van der Waals surface area contributed by atoms with Gasteiger partial charge in [0.1, 0.15) is 22.8 Å². The second kappa shape index (κ2) is 8.82. The number of hydrogen-bond donors (Lipinski definition) is 1. The summed E-state index contributed by atoms with van der Waals surface area (Å²) in [6.07, 6.45) is 1.74. The molecule has 6 nitrogen and oxygen atoms in total. The molecular formula is C31H28N4O2. The van der Waals surface area contributed by atoms with E-state index >= 15 is 0 Å². The maximum atomic E-state index is 10.6. The largest absolute Gasteiger partial charge is 0.506 e. The predicted octanol–water partition coefficient (Wildman–Crippen LogP) is 7.69. The Morgan fingerprint density at radius 2 is 1.62 bits per heavy atom. The molecule has 6 heteroatoms. The molecule has 2 aromatic heterocycles. The van der Waals surface area contributed by atoms with E-state index in [1.54, 1.807) is 19.4 Å². The van der Waals surface area contributed by atoms with Crippen molar-refractivity contribution >= 4 is 39.5 Å². The van der Waals surface area contributed by atoms with Crippen molar-refractivity contribution in [2.24, 2.45) is 0 Å². The van der Waals surface area contributed by atoms with E-state index in [9.17, 15) is 5.11 Å². The van der Waals surface area contributed by atoms with Crippen molar-refractivity contribution in [3.63, 3.8) is 0 Å². The van der Waals surface area contributed by atoms with Gasteiger partial charge in [0.15, 0.2) is 0 Å². The lowest BCUT2D eigenvalue weighted by Gasteiger charge is -2.38. The van der Waals surface area contributed by atoms with Gasteiger partial charge in [-0.25, -0.2) is 9.97 Å². The number of para-hydroxylation sites is 2. The topological polar surface area (TPSA) is 61.7 Å². The van der Waals surface area contributed by atoms with Crippen LogP contribution in [-0.2, 0) is 0 Å². The third-order valence-electron chi connectivity index (χ3n) is 7.03. The molecule has 3 heterocycles. The molecular weight excluding hydrogens is 460 g/mol. The first-order valence-electron chi connectivity index (χ1n) is 12.4. The van der Waals surface area contributed by atoms with E-state index in [1.807, 2.05) is 36.4 Å². The summed E-state index contributed by atoms with van der Waals surface area (Å²) >= 11 is 0. The van der Waals surface area contributed by atoms with Gasteiger partial charge in [-0.15, -0.1) is 0 Å². The van der Waals surface area contributed by atoms with E-state index in [4.69, 9.17) is 14.7 Å². The minimum atomic E-state index is 0.192. The Morgan fingerprint density at radius 3 is 2.35 bits per heavy atom. The molecule has 37 heavy (non-hydrogen) atoms. The van der Waals surface area contributed by atoms with Gasteiger partial charge in [-0.2, -0.15) is 0 Å². The van der Waals surface area contributed by atoms with Crippen LogP contribution in [0.3, 0.4) is 0 Å². The molecule has 5 aromatic rings. The number of pyridine rings is 2. The number of ether oxygens (including phenoxy) is 1. The molecule has 6 rings (SSSR count). The van der Waals surface area contributed by atoms with Crippen LogP contribution in [0.4, 0.5) is 28.6 Å². The molecule has 1 N–H and O–H groups in total. The van der Waals surface area contributed by atoms with Crippen molar-refractivity contribution in [1.82, 2.24) is 9.97 Å². The number of aromatic hydroxyl groups is 1. The van der Waals surface area contributed by atoms with Gasteiger partial charge in [0.25, 0.3) is 0 Å². The molecule has 0 atom stereocenters. The van der Waals surface area contributed by atoms with Gasteiger partial charge in [0.2, 0.25) is 0 Å². The lowest BCUT2D eigenvalue weighted by molar-refractivity contribution is 0.413. The van der Waals surface area contributed by atoms with E-state index in [1.165, 1.54) is 5.56 Å². The summed E-state index contributed by atoms with van der Waals surface area (Å²) in [6.45, 7) is 4.30. The quantitative estimate of drug-likeness (QED) is 0.280. The normalized spacial score (nSPS) is 12.6. The zero-order valence-electron chi connectivity index (χ0n) is 21.3. The standard InChI is InChI=1S/C31H28N4O2/c1-19(2)22-12-15-29(36)31-23(22)11-13-24(33-31)20-9-14-26-28(17-20)35(30-16-10-21(37-4)18-32-30)27-8-6-5-7-25(27)34(26)3/h5-19,36H,1-4H3. The summed E-state index contributed by atoms with van der Waals surface area (Å²) in [5.41, 5.74) is 7.75. The Balaban J connectivity index is 1.53. The van der Waals surface area contributed by atoms with Crippen LogP contribution in [0.2, 0.25) is 0 Å². The van der Waals surface area contributed by atoms with Crippen molar-refractivity contribution in [2.45, 2.75) is 19.8 Å². The van der Waals surface area contributed by atoms with E-state index in [2.05, 4.69) is 67.1 Å². The Kier molecular flexibility index (Phi) is 5.45. The van der Waals surface area contributed by atoms with Gasteiger partial charge in [-0.3, -0.25) is 4.90 Å². The molecule has 0 saturated heterocycles. The van der Waals surface area contributed by atoms with Gasteiger partial charge in [0.05, 0.1) is 41.8 Å². The van der Waals surface area contributed by atoms with Crippen LogP contribution in [0, 0.1) is 0 Å². The highest BCUT2D eigenvalue weighted by molar-refractivity contribution is 5.98. The van der Waals surface area contributed by atoms with Gasteiger partial charge in [-0.1, -0.05) is 44.2 Å². The van der Waals surface area contributed by atoms with E-state index < -0.39 is 0 Å². The summed E-state index contributed by atoms with van der Waals surface area (Å²) in [5.74, 6) is 2.03. The van der Waals surface area contributed by atoms with Gasteiger partial charge >= 0.3 is 0 Å². The minimum Gasteiger partial charge on any atom is -0.506 e. The number of benzene rings is 3. The second-order valence-corrected chi connectivity index (χ2v) is 9.56. The molecule has 0 spiro atoms. The first-order valence-corrected chi connectivity index (χ1v) is 12.4. The molecule has 0 amide bonds. The molecule has 1 aliphatic rings. The third kappa shape index (κ3) is 3.73. The summed E-state index contributed by atoms with van der Waals surface area (Å²) in [7, 11) is 3.72. The first kappa shape index (κ1) is 22.9. The zero-order chi connectivity index (χ0) is 25.7. The molecule has 0 bridgehead atoms. The Hall–Kier alpha value is -4.58. The van der Waals surface area contributed by atoms with Crippen molar-refractivity contribution in [2.75, 3.05) is 24.0 Å². The van der Waals surface area contributed by atoms with Crippen molar-refractivity contribution in [3.8, 4) is 22.8 Å². The highest BCUT2D eigenvalue weighted by Gasteiger charge is 2.28. The minimum absolute atomic E-state index is 0.192. The number of anilines is 5. The molecule has 0 unspecified atom stereocenters. The fraction of sp³-hybridized carbons (Fsp3) is 0.161. The summed E-state index contributed by atoms with van der Waals surface area (Å²) in [5, 5.41) is 11.6. The average molecular weight is 489 g/mol. The van der Waals surface area contributed by atoms with Crippen LogP contribution < -0.4 is 14.5 Å². The van der Waals surface area contributed by atoms with Crippen LogP contribution in [0.1, 0.15) is 25.3 Å². The summed E-state index contributed by atoms with van der Waals surface area (Å²) < 4.78 is 5.34. The number of phenols is 1. The van der Waals surface area contributed by atoms with Crippen LogP contribution in [0.15, 0.2) is 85.1 Å². The highest BCUT2D eigenvalue weighted by atomic mass is 16.5. The lowest BCUT2D eigenvalue weighted by Crippen LogP contribution is -2.24. The highest BCUT2D eigenvalue weighted by Crippen LogP contribution is 2.51. The van der Waals surface area contributed by atoms with Gasteiger partial charge < -0.3 is 14.7 Å². The van der Waals surface area contributed by atoms with Crippen LogP contribution in [0.25, 0.3) is 22.2 Å². The van der Waals surface area contributed by atoms with E-state index in [0.717, 1.165) is 45.2 Å². The monoisotopic (exact) mass is 488 g/mol. The smallest absolute Gasteiger partial charge is 0.141 e. The Bertz CT molecular complexity index is 1630. The molecule has 184 valence electrons. The zero-order valence-corrected chi connectivity index (χ0v) is 21.3. The second-order valence-electron chi connectivity index (χ2n) is 9.56. The fourth-order valence-corrected chi connectivity index (χ4v) is 5.10. The third-order valence-corrected chi connectivity index (χ3v) is 7.03. The molecule has 0 aliphatic carbocycles. The number of aromatic nitrogens is 2. The molecule has 1 aliphatic heterocycles. The first-order chi connectivity index (χ1) is 18.0. The van der Waals surface area contributed by atoms with Crippen molar-refractivity contribution in [3.05, 3.63) is 90.6 Å². The van der Waals surface area contributed by atoms with Gasteiger partial charge in [-0.05, 0) is 60.0 Å². The average Bonchev–Trinajstić information content (AvgIpc) is 2.93. The van der Waals surface area contributed by atoms with Crippen molar-refractivity contribution < 1.29 is 9.84 Å². The summed E-state index contributed by atoms with van der Waals surface area (Å²) in [6, 6.07) is 26.4.